The van der Waals surface area contributed by atoms with Crippen molar-refractivity contribution in [3.05, 3.63) is 28.2 Å². The van der Waals surface area contributed by atoms with Gasteiger partial charge in [-0.3, -0.25) is 0 Å². The summed E-state index contributed by atoms with van der Waals surface area (Å²) in [5.74, 6) is 0.666. The zero-order chi connectivity index (χ0) is 10.6. The molecule has 76 valence electrons. The van der Waals surface area contributed by atoms with Crippen LogP contribution in [-0.4, -0.2) is 12.0 Å². The molecule has 0 aromatic heterocycles. The van der Waals surface area contributed by atoms with Crippen molar-refractivity contribution < 1.29 is 18.7 Å². The van der Waals surface area contributed by atoms with E-state index < -0.39 is 8.25 Å². The first kappa shape index (κ1) is 11.6. The Morgan fingerprint density at radius 1 is 1.57 bits per heavy atom. The van der Waals surface area contributed by atoms with Crippen molar-refractivity contribution in [2.24, 2.45) is 0 Å². The van der Waals surface area contributed by atoms with E-state index >= 15 is 0 Å². The van der Waals surface area contributed by atoms with E-state index in [0.29, 0.717) is 5.75 Å². The second kappa shape index (κ2) is 5.41. The highest BCUT2D eigenvalue weighted by Crippen LogP contribution is 2.27. The summed E-state index contributed by atoms with van der Waals surface area (Å²) in [7, 11) is -0.995. The predicted octanol–water partition coefficient (Wildman–Crippen LogP) is 2.62. The Balaban J connectivity index is 2.74. The zero-order valence-electron chi connectivity index (χ0n) is 7.44. The molecule has 4 nitrogen and oxygen atoms in total. The molecule has 6 heteroatoms. The van der Waals surface area contributed by atoms with Gasteiger partial charge in [-0.05, 0) is 33.6 Å². The Kier molecular flexibility index (Phi) is 4.48. The molecule has 1 atom stereocenters. The fraction of sp³-hybridized carbons (Fsp3) is 0.250. The van der Waals surface area contributed by atoms with Gasteiger partial charge in [-0.2, -0.15) is 0 Å². The van der Waals surface area contributed by atoms with Gasteiger partial charge in [0, 0.05) is 4.57 Å². The summed E-state index contributed by atoms with van der Waals surface area (Å²) >= 11 is 3.30. The minimum Gasteiger partial charge on any atom is -0.496 e. The number of hydrogen-bond acceptors (Lipinski definition) is 3. The number of hydrogen-bond donors (Lipinski definition) is 1. The van der Waals surface area contributed by atoms with E-state index in [0.717, 1.165) is 10.0 Å². The van der Waals surface area contributed by atoms with Crippen LogP contribution in [0, 0.1) is 0 Å². The monoisotopic (exact) mass is 279 g/mol. The molecule has 0 spiro atoms. The van der Waals surface area contributed by atoms with E-state index in [2.05, 4.69) is 20.5 Å². The molecule has 1 aromatic rings. The summed E-state index contributed by atoms with van der Waals surface area (Å²) in [4.78, 5) is 8.44. The molecular formula is C8H9BrO4P+. The van der Waals surface area contributed by atoms with Crippen molar-refractivity contribution in [3.8, 4) is 5.75 Å². The third-order valence-corrected chi connectivity index (χ3v) is 2.56. The lowest BCUT2D eigenvalue weighted by Crippen LogP contribution is -1.89. The van der Waals surface area contributed by atoms with Crippen LogP contribution in [0.25, 0.3) is 0 Å². The minimum absolute atomic E-state index is 0.0926. The summed E-state index contributed by atoms with van der Waals surface area (Å²) in [6, 6.07) is 5.32. The Hall–Kier alpha value is -0.480. The first-order valence-electron chi connectivity index (χ1n) is 3.75. The summed E-state index contributed by atoms with van der Waals surface area (Å²) in [6.45, 7) is 0.0926. The van der Waals surface area contributed by atoms with Crippen molar-refractivity contribution in [1.29, 1.82) is 0 Å². The highest BCUT2D eigenvalue weighted by molar-refractivity contribution is 9.10. The molecule has 0 amide bonds. The van der Waals surface area contributed by atoms with Crippen molar-refractivity contribution in [1.82, 2.24) is 0 Å². The first-order chi connectivity index (χ1) is 6.63. The Labute approximate surface area is 90.9 Å². The van der Waals surface area contributed by atoms with Gasteiger partial charge in [-0.15, -0.1) is 9.42 Å². The third kappa shape index (κ3) is 3.35. The van der Waals surface area contributed by atoms with Crippen molar-refractivity contribution in [3.63, 3.8) is 0 Å². The van der Waals surface area contributed by atoms with Crippen LogP contribution in [0.2, 0.25) is 0 Å². The molecule has 0 radical (unpaired) electrons. The van der Waals surface area contributed by atoms with E-state index in [4.69, 9.17) is 9.63 Å². The Bertz CT molecular complexity index is 342. The van der Waals surface area contributed by atoms with E-state index in [9.17, 15) is 4.57 Å². The molecule has 1 aromatic carbocycles. The number of halogens is 1. The molecule has 14 heavy (non-hydrogen) atoms. The van der Waals surface area contributed by atoms with Gasteiger partial charge in [-0.1, -0.05) is 6.07 Å². The average molecular weight is 280 g/mol. The molecule has 1 N–H and O–H groups in total. The average Bonchev–Trinajstić information content (AvgIpc) is 2.16. The Morgan fingerprint density at radius 2 is 2.29 bits per heavy atom. The fourth-order valence-electron chi connectivity index (χ4n) is 0.924. The van der Waals surface area contributed by atoms with Gasteiger partial charge in [-0.25, -0.2) is 0 Å². The van der Waals surface area contributed by atoms with Crippen LogP contribution >= 0.6 is 24.2 Å². The molecule has 0 bridgehead atoms. The second-order valence-corrected chi connectivity index (χ2v) is 4.07. The molecule has 0 aliphatic heterocycles. The Morgan fingerprint density at radius 3 is 2.86 bits per heavy atom. The molecule has 0 saturated carbocycles. The minimum atomic E-state index is -2.55. The molecule has 1 rings (SSSR count). The van der Waals surface area contributed by atoms with Crippen LogP contribution in [0.15, 0.2) is 22.7 Å². The second-order valence-electron chi connectivity index (χ2n) is 2.48. The maximum atomic E-state index is 10.3. The van der Waals surface area contributed by atoms with E-state index in [1.165, 1.54) is 0 Å². The molecule has 0 saturated heterocycles. The third-order valence-electron chi connectivity index (χ3n) is 1.56. The summed E-state index contributed by atoms with van der Waals surface area (Å²) in [5.41, 5.74) is 0.780. The maximum absolute atomic E-state index is 10.3. The highest BCUT2D eigenvalue weighted by atomic mass is 79.9. The normalized spacial score (nSPS) is 11.2. The lowest BCUT2D eigenvalue weighted by molar-refractivity contribution is 0.272. The number of rotatable bonds is 4. The van der Waals surface area contributed by atoms with Crippen molar-refractivity contribution in [2.75, 3.05) is 7.11 Å². The van der Waals surface area contributed by atoms with E-state index in [-0.39, 0.29) is 6.61 Å². The smallest absolute Gasteiger partial charge is 0.496 e. The molecule has 0 aliphatic carbocycles. The highest BCUT2D eigenvalue weighted by Gasteiger charge is 2.12. The largest absolute Gasteiger partial charge is 0.695 e. The summed E-state index contributed by atoms with van der Waals surface area (Å²) < 4.78 is 20.7. The maximum Gasteiger partial charge on any atom is 0.695 e. The van der Waals surface area contributed by atoms with Gasteiger partial charge in [0.2, 0.25) is 0 Å². The lowest BCUT2D eigenvalue weighted by Gasteiger charge is -2.03. The fourth-order valence-corrected chi connectivity index (χ4v) is 1.59. The van der Waals surface area contributed by atoms with Crippen LogP contribution < -0.4 is 4.74 Å². The number of benzene rings is 1. The zero-order valence-corrected chi connectivity index (χ0v) is 9.92. The van der Waals surface area contributed by atoms with Gasteiger partial charge in [0.1, 0.15) is 12.4 Å². The van der Waals surface area contributed by atoms with Gasteiger partial charge in [0.05, 0.1) is 11.6 Å². The van der Waals surface area contributed by atoms with E-state index in [1.54, 1.807) is 25.3 Å². The van der Waals surface area contributed by atoms with Crippen LogP contribution in [0.4, 0.5) is 0 Å². The molecule has 0 fully saturated rings. The standard InChI is InChI=1S/C8H8BrO4P/c1-12-8-4-6(2-3-7(8)9)5-13-14(10)11/h2-4H,5H2,1H3/p+1. The van der Waals surface area contributed by atoms with Crippen molar-refractivity contribution >= 4 is 24.2 Å². The van der Waals surface area contributed by atoms with Gasteiger partial charge in [0.15, 0.2) is 0 Å². The molecule has 1 unspecified atom stereocenters. The topological polar surface area (TPSA) is 55.8 Å². The SMILES string of the molecule is COc1cc(CO[P+](=O)O)ccc1Br. The number of ether oxygens (including phenoxy) is 1. The predicted molar refractivity (Wildman–Crippen MR) is 55.3 cm³/mol. The van der Waals surface area contributed by atoms with Crippen LogP contribution in [-0.2, 0) is 15.7 Å². The van der Waals surface area contributed by atoms with Gasteiger partial charge in [0.25, 0.3) is 0 Å². The molecule has 0 aliphatic rings. The quantitative estimate of drug-likeness (QED) is 0.861. The van der Waals surface area contributed by atoms with Crippen LogP contribution in [0.5, 0.6) is 5.75 Å². The molecular weight excluding hydrogens is 271 g/mol. The van der Waals surface area contributed by atoms with Crippen LogP contribution in [0.3, 0.4) is 0 Å². The first-order valence-corrected chi connectivity index (χ1v) is 5.67. The van der Waals surface area contributed by atoms with Crippen molar-refractivity contribution in [2.45, 2.75) is 6.61 Å². The van der Waals surface area contributed by atoms with Gasteiger partial charge >= 0.3 is 8.25 Å². The molecule has 0 heterocycles. The summed E-state index contributed by atoms with van der Waals surface area (Å²) in [6.07, 6.45) is 0. The number of methoxy groups -OCH3 is 1. The summed E-state index contributed by atoms with van der Waals surface area (Å²) in [5, 5.41) is 0. The lowest BCUT2D eigenvalue weighted by atomic mass is 10.2. The van der Waals surface area contributed by atoms with E-state index in [1.807, 2.05) is 0 Å². The van der Waals surface area contributed by atoms with Gasteiger partial charge < -0.3 is 4.74 Å². The van der Waals surface area contributed by atoms with Crippen LogP contribution in [0.1, 0.15) is 5.56 Å².